The minimum atomic E-state index is -0.771. The van der Waals surface area contributed by atoms with Gasteiger partial charge in [0.25, 0.3) is 5.91 Å². The molecule has 1 aliphatic heterocycles. The summed E-state index contributed by atoms with van der Waals surface area (Å²) in [6, 6.07) is 7.12. The lowest BCUT2D eigenvalue weighted by atomic mass is 9.98. The van der Waals surface area contributed by atoms with Crippen LogP contribution in [0, 0.1) is 0 Å². The van der Waals surface area contributed by atoms with Gasteiger partial charge in [0.1, 0.15) is 0 Å². The lowest BCUT2D eigenvalue weighted by Gasteiger charge is -2.25. The van der Waals surface area contributed by atoms with Crippen LogP contribution in [0.4, 0.5) is 0 Å². The standard InChI is InChI=1S/C16H17N3O3/c1-11(9-19-7-6-17-10-19)18-15(20)14-8-12-4-2-3-5-13(12)16(21)22-14/h2-7,10-11,14H,8-9H2,1H3,(H,18,20)/t11-,14+/m0/s1. The lowest BCUT2D eigenvalue weighted by Crippen LogP contribution is -2.46. The quantitative estimate of drug-likeness (QED) is 0.860. The zero-order valence-electron chi connectivity index (χ0n) is 12.2. The van der Waals surface area contributed by atoms with Crippen LogP contribution in [0.1, 0.15) is 22.8 Å². The number of carbonyl (C=O) groups is 2. The van der Waals surface area contributed by atoms with Crippen molar-refractivity contribution < 1.29 is 14.3 Å². The van der Waals surface area contributed by atoms with Crippen LogP contribution in [-0.2, 0) is 22.5 Å². The van der Waals surface area contributed by atoms with Crippen LogP contribution in [-0.4, -0.2) is 33.6 Å². The largest absolute Gasteiger partial charge is 0.448 e. The van der Waals surface area contributed by atoms with Crippen molar-refractivity contribution in [2.75, 3.05) is 0 Å². The molecular weight excluding hydrogens is 282 g/mol. The number of rotatable bonds is 4. The zero-order chi connectivity index (χ0) is 15.5. The van der Waals surface area contributed by atoms with Gasteiger partial charge < -0.3 is 14.6 Å². The summed E-state index contributed by atoms with van der Waals surface area (Å²) in [6.45, 7) is 2.51. The van der Waals surface area contributed by atoms with Crippen LogP contribution in [0.2, 0.25) is 0 Å². The molecule has 22 heavy (non-hydrogen) atoms. The van der Waals surface area contributed by atoms with Gasteiger partial charge in [-0.1, -0.05) is 18.2 Å². The van der Waals surface area contributed by atoms with Crippen LogP contribution in [0.25, 0.3) is 0 Å². The number of benzene rings is 1. The molecule has 0 bridgehead atoms. The molecule has 1 aliphatic rings. The van der Waals surface area contributed by atoms with E-state index in [-0.39, 0.29) is 11.9 Å². The Labute approximate surface area is 128 Å². The van der Waals surface area contributed by atoms with E-state index < -0.39 is 12.1 Å². The van der Waals surface area contributed by atoms with Crippen molar-refractivity contribution in [2.45, 2.75) is 32.0 Å². The van der Waals surface area contributed by atoms with Gasteiger partial charge in [-0.2, -0.15) is 0 Å². The number of ether oxygens (including phenoxy) is 1. The molecule has 2 atom stereocenters. The first-order chi connectivity index (χ1) is 10.6. The van der Waals surface area contributed by atoms with Crippen molar-refractivity contribution in [2.24, 2.45) is 0 Å². The van der Waals surface area contributed by atoms with Crippen molar-refractivity contribution in [3.63, 3.8) is 0 Å². The minimum absolute atomic E-state index is 0.0856. The third-order valence-electron chi connectivity index (χ3n) is 3.62. The van der Waals surface area contributed by atoms with Crippen LogP contribution in [0.5, 0.6) is 0 Å². The monoisotopic (exact) mass is 299 g/mol. The van der Waals surface area contributed by atoms with Gasteiger partial charge in [-0.15, -0.1) is 0 Å². The van der Waals surface area contributed by atoms with E-state index >= 15 is 0 Å². The Morgan fingerprint density at radius 1 is 1.50 bits per heavy atom. The minimum Gasteiger partial charge on any atom is -0.448 e. The van der Waals surface area contributed by atoms with Gasteiger partial charge >= 0.3 is 5.97 Å². The highest BCUT2D eigenvalue weighted by atomic mass is 16.5. The van der Waals surface area contributed by atoms with Gasteiger partial charge in [-0.25, -0.2) is 9.78 Å². The van der Waals surface area contributed by atoms with Crippen molar-refractivity contribution in [3.8, 4) is 0 Å². The topological polar surface area (TPSA) is 73.2 Å². The summed E-state index contributed by atoms with van der Waals surface area (Å²) in [5.41, 5.74) is 1.39. The molecule has 1 N–H and O–H groups in total. The number of aromatic nitrogens is 2. The second-order valence-corrected chi connectivity index (χ2v) is 5.42. The summed E-state index contributed by atoms with van der Waals surface area (Å²) in [5.74, 6) is -0.709. The molecule has 114 valence electrons. The zero-order valence-corrected chi connectivity index (χ0v) is 12.2. The highest BCUT2D eigenvalue weighted by molar-refractivity contribution is 5.95. The van der Waals surface area contributed by atoms with Gasteiger partial charge in [-0.05, 0) is 18.6 Å². The first kappa shape index (κ1) is 14.3. The van der Waals surface area contributed by atoms with Crippen molar-refractivity contribution >= 4 is 11.9 Å². The molecule has 6 nitrogen and oxygen atoms in total. The van der Waals surface area contributed by atoms with E-state index in [2.05, 4.69) is 10.3 Å². The maximum Gasteiger partial charge on any atom is 0.339 e. The first-order valence-electron chi connectivity index (χ1n) is 7.18. The third kappa shape index (κ3) is 3.00. The average Bonchev–Trinajstić information content (AvgIpc) is 3.00. The molecule has 1 amide bonds. The number of fused-ring (bicyclic) bond motifs is 1. The normalized spacial score (nSPS) is 18.2. The Morgan fingerprint density at radius 3 is 3.09 bits per heavy atom. The fourth-order valence-electron chi connectivity index (χ4n) is 2.57. The third-order valence-corrected chi connectivity index (χ3v) is 3.62. The molecule has 0 saturated heterocycles. The second-order valence-electron chi connectivity index (χ2n) is 5.42. The predicted octanol–water partition coefficient (Wildman–Crippen LogP) is 1.17. The Bertz CT molecular complexity index is 682. The Morgan fingerprint density at radius 2 is 2.32 bits per heavy atom. The molecule has 2 aromatic rings. The number of esters is 1. The van der Waals surface area contributed by atoms with Crippen LogP contribution >= 0.6 is 0 Å². The van der Waals surface area contributed by atoms with Crippen molar-refractivity contribution in [3.05, 3.63) is 54.1 Å². The first-order valence-corrected chi connectivity index (χ1v) is 7.18. The van der Waals surface area contributed by atoms with E-state index in [0.29, 0.717) is 18.5 Å². The average molecular weight is 299 g/mol. The molecule has 1 aromatic carbocycles. The molecule has 0 fully saturated rings. The van der Waals surface area contributed by atoms with E-state index in [1.54, 1.807) is 24.7 Å². The number of amides is 1. The Hall–Kier alpha value is -2.63. The van der Waals surface area contributed by atoms with E-state index in [1.165, 1.54) is 0 Å². The Kier molecular flexibility index (Phi) is 3.91. The summed E-state index contributed by atoms with van der Waals surface area (Å²) in [4.78, 5) is 28.2. The van der Waals surface area contributed by atoms with E-state index in [4.69, 9.17) is 4.74 Å². The lowest BCUT2D eigenvalue weighted by molar-refractivity contribution is -0.131. The number of nitrogens with zero attached hydrogens (tertiary/aromatic N) is 2. The van der Waals surface area contributed by atoms with Gasteiger partial charge in [0.15, 0.2) is 6.10 Å². The van der Waals surface area contributed by atoms with Crippen molar-refractivity contribution in [1.82, 2.24) is 14.9 Å². The van der Waals surface area contributed by atoms with Gasteiger partial charge in [0.05, 0.1) is 11.9 Å². The van der Waals surface area contributed by atoms with E-state index in [9.17, 15) is 9.59 Å². The van der Waals surface area contributed by atoms with E-state index in [0.717, 1.165) is 5.56 Å². The van der Waals surface area contributed by atoms with Crippen molar-refractivity contribution in [1.29, 1.82) is 0 Å². The number of nitrogens with one attached hydrogen (secondary N) is 1. The number of hydrogen-bond acceptors (Lipinski definition) is 4. The van der Waals surface area contributed by atoms with Gasteiger partial charge in [-0.3, -0.25) is 4.79 Å². The molecule has 0 aliphatic carbocycles. The highest BCUT2D eigenvalue weighted by Gasteiger charge is 2.31. The summed E-state index contributed by atoms with van der Waals surface area (Å²) in [7, 11) is 0. The van der Waals surface area contributed by atoms with Crippen LogP contribution in [0.15, 0.2) is 43.0 Å². The Balaban J connectivity index is 1.62. The number of cyclic esters (lactones) is 1. The maximum absolute atomic E-state index is 12.3. The summed E-state index contributed by atoms with van der Waals surface area (Å²) in [5, 5.41) is 2.87. The van der Waals surface area contributed by atoms with Crippen LogP contribution < -0.4 is 5.32 Å². The number of imidazole rings is 1. The second kappa shape index (κ2) is 6.01. The molecular formula is C16H17N3O3. The van der Waals surface area contributed by atoms with E-state index in [1.807, 2.05) is 29.8 Å². The molecule has 0 saturated carbocycles. The summed E-state index contributed by atoms with van der Waals surface area (Å²) < 4.78 is 7.12. The molecule has 3 rings (SSSR count). The smallest absolute Gasteiger partial charge is 0.339 e. The fourth-order valence-corrected chi connectivity index (χ4v) is 2.57. The maximum atomic E-state index is 12.3. The van der Waals surface area contributed by atoms with Gasteiger partial charge in [0, 0.05) is 31.4 Å². The molecule has 0 unspecified atom stereocenters. The molecule has 1 aromatic heterocycles. The summed E-state index contributed by atoms with van der Waals surface area (Å²) in [6.07, 6.45) is 4.85. The van der Waals surface area contributed by atoms with Crippen LogP contribution in [0.3, 0.4) is 0 Å². The SMILES string of the molecule is C[C@@H](Cn1ccnc1)NC(=O)[C@H]1Cc2ccccc2C(=O)O1. The van der Waals surface area contributed by atoms with Gasteiger partial charge in [0.2, 0.25) is 0 Å². The molecule has 6 heteroatoms. The molecule has 2 heterocycles. The highest BCUT2D eigenvalue weighted by Crippen LogP contribution is 2.20. The number of hydrogen-bond donors (Lipinski definition) is 1. The number of carbonyl (C=O) groups excluding carboxylic acids is 2. The molecule has 0 spiro atoms. The molecule has 0 radical (unpaired) electrons. The fraction of sp³-hybridized carbons (Fsp3) is 0.312. The predicted molar refractivity (Wildman–Crippen MR) is 79.2 cm³/mol. The summed E-state index contributed by atoms with van der Waals surface area (Å²) >= 11 is 0.